The molecule has 2 aromatic rings. The fraction of sp³-hybridized carbons (Fsp3) is 0.409. The van der Waals surface area contributed by atoms with Crippen molar-refractivity contribution in [2.45, 2.75) is 37.4 Å². The molecule has 0 aromatic heterocycles. The molecule has 138 valence electrons. The number of carbonyl (C=O) groups excluding carboxylic acids is 1. The summed E-state index contributed by atoms with van der Waals surface area (Å²) in [5.41, 5.74) is 3.05. The van der Waals surface area contributed by atoms with Crippen LogP contribution in [0.15, 0.2) is 54.6 Å². The Morgan fingerprint density at radius 2 is 1.77 bits per heavy atom. The van der Waals surface area contributed by atoms with Crippen LogP contribution in [0.25, 0.3) is 0 Å². The molecule has 0 spiro atoms. The number of carbonyl (C=O) groups is 1. The molecule has 0 bridgehead atoms. The second-order valence-electron chi connectivity index (χ2n) is 7.26. The molecule has 1 fully saturated rings. The minimum absolute atomic E-state index is 0.0288. The number of rotatable bonds is 6. The molecule has 26 heavy (non-hydrogen) atoms. The summed E-state index contributed by atoms with van der Waals surface area (Å²) in [6, 6.07) is 18.2. The number of nitrogens with one attached hydrogen (secondary N) is 1. The zero-order valence-electron chi connectivity index (χ0n) is 15.3. The highest BCUT2D eigenvalue weighted by atomic mass is 32.2. The zero-order chi connectivity index (χ0) is 18.4. The highest BCUT2D eigenvalue weighted by Gasteiger charge is 2.22. The number of amides is 1. The van der Waals surface area contributed by atoms with Gasteiger partial charge in [0.05, 0.1) is 0 Å². The van der Waals surface area contributed by atoms with E-state index in [-0.39, 0.29) is 5.91 Å². The Morgan fingerprint density at radius 3 is 2.46 bits per heavy atom. The fourth-order valence-corrected chi connectivity index (χ4v) is 4.45. The topological polar surface area (TPSA) is 46.2 Å². The molecular formula is C22H27NO2S. The molecule has 0 saturated heterocycles. The average molecular weight is 370 g/mol. The largest absolute Gasteiger partial charge is 0.352 e. The second-order valence-corrected chi connectivity index (χ2v) is 8.69. The SMILES string of the molecule is CS(=O)Cc1cccc(C(=O)NCC2CCC(c3ccccc3)CC2)c1. The van der Waals surface area contributed by atoms with E-state index in [2.05, 4.69) is 35.6 Å². The van der Waals surface area contributed by atoms with Gasteiger partial charge in [0.2, 0.25) is 0 Å². The minimum atomic E-state index is -0.897. The van der Waals surface area contributed by atoms with Gasteiger partial charge in [0.15, 0.2) is 0 Å². The smallest absolute Gasteiger partial charge is 0.251 e. The van der Waals surface area contributed by atoms with E-state index in [1.807, 2.05) is 24.3 Å². The summed E-state index contributed by atoms with van der Waals surface area (Å²) in [4.78, 5) is 12.4. The number of hydrogen-bond donors (Lipinski definition) is 1. The van der Waals surface area contributed by atoms with Crippen LogP contribution >= 0.6 is 0 Å². The van der Waals surface area contributed by atoms with Crippen molar-refractivity contribution in [2.75, 3.05) is 12.8 Å². The normalized spacial score (nSPS) is 21.1. The van der Waals surface area contributed by atoms with Crippen LogP contribution in [0.4, 0.5) is 0 Å². The van der Waals surface area contributed by atoms with Crippen LogP contribution in [0, 0.1) is 5.92 Å². The van der Waals surface area contributed by atoms with Crippen molar-refractivity contribution in [3.8, 4) is 0 Å². The maximum atomic E-state index is 12.4. The Balaban J connectivity index is 1.48. The lowest BCUT2D eigenvalue weighted by Gasteiger charge is -2.29. The van der Waals surface area contributed by atoms with Gasteiger partial charge in [-0.05, 0) is 60.8 Å². The van der Waals surface area contributed by atoms with E-state index in [0.29, 0.717) is 23.2 Å². The average Bonchev–Trinajstić information content (AvgIpc) is 2.67. The van der Waals surface area contributed by atoms with Gasteiger partial charge < -0.3 is 5.32 Å². The van der Waals surface area contributed by atoms with Crippen LogP contribution in [0.1, 0.15) is 53.1 Å². The van der Waals surface area contributed by atoms with Gasteiger partial charge in [-0.2, -0.15) is 0 Å². The van der Waals surface area contributed by atoms with E-state index in [4.69, 9.17) is 0 Å². The van der Waals surface area contributed by atoms with Crippen molar-refractivity contribution >= 4 is 16.7 Å². The molecule has 4 heteroatoms. The zero-order valence-corrected chi connectivity index (χ0v) is 16.1. The molecule has 1 amide bonds. The summed E-state index contributed by atoms with van der Waals surface area (Å²) in [6.45, 7) is 0.740. The first-order valence-corrected chi connectivity index (χ1v) is 11.1. The Labute approximate surface area is 158 Å². The molecule has 3 nitrogen and oxygen atoms in total. The molecule has 3 rings (SSSR count). The van der Waals surface area contributed by atoms with Crippen LogP contribution in [0.3, 0.4) is 0 Å². The van der Waals surface area contributed by atoms with Crippen molar-refractivity contribution in [3.63, 3.8) is 0 Å². The number of hydrogen-bond acceptors (Lipinski definition) is 2. The summed E-state index contributed by atoms with van der Waals surface area (Å²) in [5.74, 6) is 1.68. The van der Waals surface area contributed by atoms with Crippen molar-refractivity contribution in [2.24, 2.45) is 5.92 Å². The third-order valence-electron chi connectivity index (χ3n) is 5.23. The molecule has 2 aromatic carbocycles. The summed E-state index contributed by atoms with van der Waals surface area (Å²) >= 11 is 0. The molecule has 1 N–H and O–H groups in total. The maximum absolute atomic E-state index is 12.4. The summed E-state index contributed by atoms with van der Waals surface area (Å²) in [6.07, 6.45) is 6.40. The first kappa shape index (κ1) is 18.8. The standard InChI is InChI=1S/C22H27NO2S/c1-26(25)16-18-6-5-9-21(14-18)22(24)23-15-17-10-12-20(13-11-17)19-7-3-2-4-8-19/h2-9,14,17,20H,10-13,15-16H2,1H3,(H,23,24). The minimum Gasteiger partial charge on any atom is -0.352 e. The van der Waals surface area contributed by atoms with Crippen LogP contribution in [-0.4, -0.2) is 22.9 Å². The van der Waals surface area contributed by atoms with Gasteiger partial charge in [-0.3, -0.25) is 9.00 Å². The maximum Gasteiger partial charge on any atom is 0.251 e. The number of benzene rings is 2. The molecule has 1 aliphatic rings. The third-order valence-corrected chi connectivity index (χ3v) is 5.97. The quantitative estimate of drug-likeness (QED) is 0.826. The first-order chi connectivity index (χ1) is 12.6. The predicted molar refractivity (Wildman–Crippen MR) is 108 cm³/mol. The Bertz CT molecular complexity index is 752. The Kier molecular flexibility index (Phi) is 6.62. The van der Waals surface area contributed by atoms with Crippen LogP contribution in [0.2, 0.25) is 0 Å². The van der Waals surface area contributed by atoms with E-state index in [1.165, 1.54) is 18.4 Å². The van der Waals surface area contributed by atoms with E-state index in [0.717, 1.165) is 24.9 Å². The van der Waals surface area contributed by atoms with Gasteiger partial charge in [-0.15, -0.1) is 0 Å². The molecule has 1 atom stereocenters. The lowest BCUT2D eigenvalue weighted by molar-refractivity contribution is 0.0943. The van der Waals surface area contributed by atoms with Gasteiger partial charge in [0.1, 0.15) is 0 Å². The second kappa shape index (κ2) is 9.13. The Morgan fingerprint density at radius 1 is 1.04 bits per heavy atom. The summed E-state index contributed by atoms with van der Waals surface area (Å²) in [7, 11) is -0.897. The van der Waals surface area contributed by atoms with E-state index < -0.39 is 10.8 Å². The molecule has 1 saturated carbocycles. The van der Waals surface area contributed by atoms with Crippen LogP contribution in [-0.2, 0) is 16.6 Å². The molecule has 0 heterocycles. The lowest BCUT2D eigenvalue weighted by atomic mass is 9.78. The van der Waals surface area contributed by atoms with Crippen molar-refractivity contribution < 1.29 is 9.00 Å². The van der Waals surface area contributed by atoms with Gasteiger partial charge in [-0.25, -0.2) is 0 Å². The molecule has 1 aliphatic carbocycles. The van der Waals surface area contributed by atoms with Crippen molar-refractivity contribution in [1.29, 1.82) is 0 Å². The molecule has 1 unspecified atom stereocenters. The molecular weight excluding hydrogens is 342 g/mol. The van der Waals surface area contributed by atoms with Crippen LogP contribution < -0.4 is 5.32 Å². The third kappa shape index (κ3) is 5.28. The monoisotopic (exact) mass is 369 g/mol. The molecule has 0 radical (unpaired) electrons. The fourth-order valence-electron chi connectivity index (χ4n) is 3.80. The highest BCUT2D eigenvalue weighted by Crippen LogP contribution is 2.35. The highest BCUT2D eigenvalue weighted by molar-refractivity contribution is 7.83. The van der Waals surface area contributed by atoms with E-state index in [1.54, 1.807) is 6.26 Å². The van der Waals surface area contributed by atoms with Gasteiger partial charge >= 0.3 is 0 Å². The predicted octanol–water partition coefficient (Wildman–Crippen LogP) is 4.27. The van der Waals surface area contributed by atoms with Crippen LogP contribution in [0.5, 0.6) is 0 Å². The Hall–Kier alpha value is -1.94. The van der Waals surface area contributed by atoms with Gasteiger partial charge in [0.25, 0.3) is 5.91 Å². The van der Waals surface area contributed by atoms with E-state index in [9.17, 15) is 9.00 Å². The summed E-state index contributed by atoms with van der Waals surface area (Å²) < 4.78 is 11.4. The van der Waals surface area contributed by atoms with Gasteiger partial charge in [0, 0.05) is 34.9 Å². The lowest BCUT2D eigenvalue weighted by Crippen LogP contribution is -2.31. The first-order valence-electron chi connectivity index (χ1n) is 9.34. The van der Waals surface area contributed by atoms with Crippen molar-refractivity contribution in [1.82, 2.24) is 5.32 Å². The van der Waals surface area contributed by atoms with Crippen molar-refractivity contribution in [3.05, 3.63) is 71.3 Å². The van der Waals surface area contributed by atoms with E-state index >= 15 is 0 Å². The summed E-state index contributed by atoms with van der Waals surface area (Å²) in [5, 5.41) is 3.09. The molecule has 0 aliphatic heterocycles. The van der Waals surface area contributed by atoms with Gasteiger partial charge in [-0.1, -0.05) is 42.5 Å².